The second kappa shape index (κ2) is 6.97. The van der Waals surface area contributed by atoms with Crippen molar-refractivity contribution in [3.8, 4) is 11.8 Å². The Balaban J connectivity index is 2.33. The molecule has 0 N–H and O–H groups in total. The molecule has 1 heterocycles. The number of carbonyl (C=O) groups excluding carboxylic acids is 2. The van der Waals surface area contributed by atoms with Gasteiger partial charge in [0.05, 0.1) is 12.0 Å². The van der Waals surface area contributed by atoms with Crippen LogP contribution in [0.3, 0.4) is 0 Å². The van der Waals surface area contributed by atoms with E-state index in [-0.39, 0.29) is 17.8 Å². The average Bonchev–Trinajstić information content (AvgIpc) is 2.65. The van der Waals surface area contributed by atoms with Crippen LogP contribution in [0.2, 0.25) is 0 Å². The fourth-order valence-electron chi connectivity index (χ4n) is 1.60. The van der Waals surface area contributed by atoms with Crippen molar-refractivity contribution in [2.45, 2.75) is 0 Å². The minimum Gasteiger partial charge on any atom is -0.477 e. The van der Waals surface area contributed by atoms with E-state index in [1.807, 2.05) is 18.2 Å². The number of imide groups is 1. The first kappa shape index (κ1) is 16.6. The van der Waals surface area contributed by atoms with Gasteiger partial charge in [-0.25, -0.2) is 0 Å². The summed E-state index contributed by atoms with van der Waals surface area (Å²) in [6.45, 7) is -0.0138. The molecule has 0 saturated carbocycles. The third kappa shape index (κ3) is 3.70. The Bertz CT molecular complexity index is 674. The minimum atomic E-state index is -0.292. The SMILES string of the molecule is CN1C(=O)S/C(=C\c2cc(I)c(OCC#N)c(I)c2)C1=O. The fourth-order valence-corrected chi connectivity index (χ4v) is 4.56. The maximum Gasteiger partial charge on any atom is 0.293 e. The summed E-state index contributed by atoms with van der Waals surface area (Å²) in [6.07, 6.45) is 1.69. The molecular weight excluding hydrogens is 518 g/mol. The van der Waals surface area contributed by atoms with Gasteiger partial charge in [-0.1, -0.05) is 0 Å². The van der Waals surface area contributed by atoms with Crippen molar-refractivity contribution in [3.63, 3.8) is 0 Å². The first-order valence-corrected chi connectivity index (χ1v) is 8.61. The molecule has 1 saturated heterocycles. The van der Waals surface area contributed by atoms with E-state index in [0.29, 0.717) is 10.7 Å². The smallest absolute Gasteiger partial charge is 0.293 e. The fraction of sp³-hybridized carbons (Fsp3) is 0.154. The Kier molecular flexibility index (Phi) is 5.50. The van der Waals surface area contributed by atoms with Crippen molar-refractivity contribution in [2.24, 2.45) is 0 Å². The molecule has 1 aromatic rings. The standard InChI is InChI=1S/C13H8I2N2O3S/c1-17-12(18)10(21-13(17)19)6-7-4-8(14)11(9(15)5-7)20-3-2-16/h4-6H,3H2,1H3/b10-6-. The maximum atomic E-state index is 11.8. The zero-order chi connectivity index (χ0) is 15.6. The lowest BCUT2D eigenvalue weighted by atomic mass is 10.2. The van der Waals surface area contributed by atoms with Gasteiger partial charge in [0.15, 0.2) is 6.61 Å². The molecule has 0 spiro atoms. The normalized spacial score (nSPS) is 16.5. The average molecular weight is 526 g/mol. The molecule has 0 unspecified atom stereocenters. The highest BCUT2D eigenvalue weighted by atomic mass is 127. The second-order valence-electron chi connectivity index (χ2n) is 4.00. The topological polar surface area (TPSA) is 70.4 Å². The number of rotatable bonds is 3. The molecule has 1 aliphatic rings. The van der Waals surface area contributed by atoms with E-state index in [1.165, 1.54) is 7.05 Å². The Morgan fingerprint density at radius 2 is 2.00 bits per heavy atom. The third-order valence-corrected chi connectivity index (χ3v) is 5.15. The van der Waals surface area contributed by atoms with Crippen molar-refractivity contribution >= 4 is 74.2 Å². The van der Waals surface area contributed by atoms with Crippen LogP contribution in [0.5, 0.6) is 5.75 Å². The number of nitrogens with zero attached hydrogens (tertiary/aromatic N) is 2. The maximum absolute atomic E-state index is 11.8. The summed E-state index contributed by atoms with van der Waals surface area (Å²) in [5.74, 6) is 0.360. The molecule has 5 nitrogen and oxygen atoms in total. The van der Waals surface area contributed by atoms with E-state index in [1.54, 1.807) is 6.08 Å². The molecule has 8 heteroatoms. The monoisotopic (exact) mass is 526 g/mol. The number of benzene rings is 1. The number of nitriles is 1. The molecule has 0 radical (unpaired) electrons. The summed E-state index contributed by atoms with van der Waals surface area (Å²) in [6, 6.07) is 5.62. The van der Waals surface area contributed by atoms with Crippen molar-refractivity contribution in [1.29, 1.82) is 5.26 Å². The molecule has 21 heavy (non-hydrogen) atoms. The van der Waals surface area contributed by atoms with E-state index in [9.17, 15) is 9.59 Å². The summed E-state index contributed by atoms with van der Waals surface area (Å²) in [7, 11) is 1.46. The first-order chi connectivity index (χ1) is 9.93. The largest absolute Gasteiger partial charge is 0.477 e. The number of thioether (sulfide) groups is 1. The zero-order valence-corrected chi connectivity index (χ0v) is 15.9. The molecule has 2 amide bonds. The van der Waals surface area contributed by atoms with Crippen LogP contribution < -0.4 is 4.74 Å². The van der Waals surface area contributed by atoms with Crippen LogP contribution >= 0.6 is 56.9 Å². The molecule has 108 valence electrons. The van der Waals surface area contributed by atoms with Crippen molar-refractivity contribution in [1.82, 2.24) is 4.90 Å². The van der Waals surface area contributed by atoms with Crippen LogP contribution in [-0.2, 0) is 4.79 Å². The van der Waals surface area contributed by atoms with Gasteiger partial charge in [-0.15, -0.1) is 0 Å². The highest BCUT2D eigenvalue weighted by Crippen LogP contribution is 2.34. The van der Waals surface area contributed by atoms with Gasteiger partial charge in [0, 0.05) is 7.05 Å². The predicted octanol–water partition coefficient (Wildman–Crippen LogP) is 3.46. The molecule has 2 rings (SSSR count). The van der Waals surface area contributed by atoms with Gasteiger partial charge >= 0.3 is 0 Å². The lowest BCUT2D eigenvalue weighted by Gasteiger charge is -2.08. The lowest BCUT2D eigenvalue weighted by Crippen LogP contribution is -2.22. The molecule has 0 bridgehead atoms. The predicted molar refractivity (Wildman–Crippen MR) is 96.7 cm³/mol. The van der Waals surface area contributed by atoms with Gasteiger partial charge in [-0.2, -0.15) is 5.26 Å². The summed E-state index contributed by atoms with van der Waals surface area (Å²) < 4.78 is 7.05. The number of likely N-dealkylation sites (N-methyl/N-ethyl adjacent to an activating group) is 1. The van der Waals surface area contributed by atoms with Gasteiger partial charge in [0.25, 0.3) is 11.1 Å². The Hall–Kier alpha value is -0.800. The van der Waals surface area contributed by atoms with E-state index in [2.05, 4.69) is 45.2 Å². The quantitative estimate of drug-likeness (QED) is 0.446. The van der Waals surface area contributed by atoms with E-state index < -0.39 is 0 Å². The summed E-state index contributed by atoms with van der Waals surface area (Å²) >= 11 is 5.15. The summed E-state index contributed by atoms with van der Waals surface area (Å²) in [5, 5.41) is 8.29. The number of amides is 2. The first-order valence-electron chi connectivity index (χ1n) is 5.64. The van der Waals surface area contributed by atoms with Gasteiger partial charge in [-0.3, -0.25) is 14.5 Å². The number of carbonyl (C=O) groups is 2. The van der Waals surface area contributed by atoms with Gasteiger partial charge in [-0.05, 0) is 80.7 Å². The number of hydrogen-bond donors (Lipinski definition) is 0. The Morgan fingerprint density at radius 1 is 1.38 bits per heavy atom. The van der Waals surface area contributed by atoms with Crippen LogP contribution in [0, 0.1) is 18.5 Å². The summed E-state index contributed by atoms with van der Waals surface area (Å²) in [4.78, 5) is 24.8. The highest BCUT2D eigenvalue weighted by Gasteiger charge is 2.31. The molecule has 0 aliphatic carbocycles. The van der Waals surface area contributed by atoms with Crippen LogP contribution in [-0.4, -0.2) is 29.7 Å². The number of hydrogen-bond acceptors (Lipinski definition) is 5. The van der Waals surface area contributed by atoms with Crippen LogP contribution in [0.25, 0.3) is 6.08 Å². The van der Waals surface area contributed by atoms with Crippen molar-refractivity contribution in [2.75, 3.05) is 13.7 Å². The number of halogens is 2. The zero-order valence-electron chi connectivity index (χ0n) is 10.7. The van der Waals surface area contributed by atoms with E-state index in [0.717, 1.165) is 29.4 Å². The molecule has 1 fully saturated rings. The van der Waals surface area contributed by atoms with Gasteiger partial charge in [0.2, 0.25) is 0 Å². The molecule has 0 atom stereocenters. The Labute approximate surface area is 153 Å². The van der Waals surface area contributed by atoms with Crippen LogP contribution in [0.15, 0.2) is 17.0 Å². The lowest BCUT2D eigenvalue weighted by molar-refractivity contribution is -0.121. The third-order valence-electron chi connectivity index (χ3n) is 2.59. The van der Waals surface area contributed by atoms with Crippen LogP contribution in [0.1, 0.15) is 5.56 Å². The van der Waals surface area contributed by atoms with E-state index in [4.69, 9.17) is 10.00 Å². The summed E-state index contributed by atoms with van der Waals surface area (Å²) in [5.41, 5.74) is 0.812. The van der Waals surface area contributed by atoms with Gasteiger partial charge in [0.1, 0.15) is 11.8 Å². The van der Waals surface area contributed by atoms with E-state index >= 15 is 0 Å². The van der Waals surface area contributed by atoms with Gasteiger partial charge < -0.3 is 4.74 Å². The molecular formula is C13H8I2N2O3S. The Morgan fingerprint density at radius 3 is 2.48 bits per heavy atom. The molecule has 0 aromatic heterocycles. The van der Waals surface area contributed by atoms with Crippen molar-refractivity contribution in [3.05, 3.63) is 29.7 Å². The molecule has 1 aliphatic heterocycles. The minimum absolute atomic E-state index is 0.0138. The number of ether oxygens (including phenoxy) is 1. The van der Waals surface area contributed by atoms with Crippen molar-refractivity contribution < 1.29 is 14.3 Å². The second-order valence-corrected chi connectivity index (χ2v) is 7.32. The van der Waals surface area contributed by atoms with Crippen LogP contribution in [0.4, 0.5) is 4.79 Å². The molecule has 1 aromatic carbocycles. The highest BCUT2D eigenvalue weighted by molar-refractivity contribution is 14.1.